The van der Waals surface area contributed by atoms with Gasteiger partial charge in [0.2, 0.25) is 0 Å². The fourth-order valence-electron chi connectivity index (χ4n) is 4.91. The molecule has 1 atom stereocenters. The van der Waals surface area contributed by atoms with Gasteiger partial charge in [0.05, 0.1) is 13.2 Å². The van der Waals surface area contributed by atoms with Crippen LogP contribution in [0, 0.1) is 0 Å². The van der Waals surface area contributed by atoms with Crippen molar-refractivity contribution in [2.24, 2.45) is 5.84 Å². The topological polar surface area (TPSA) is 143 Å². The van der Waals surface area contributed by atoms with Crippen LogP contribution in [0.2, 0.25) is 0 Å². The molecule has 0 spiro atoms. The molecule has 3 aromatic rings. The molecule has 5 rings (SSSR count). The molecule has 1 radical (unpaired) electrons. The predicted octanol–water partition coefficient (Wildman–Crippen LogP) is -0.110. The third kappa shape index (κ3) is 6.26. The zero-order valence-electron chi connectivity index (χ0n) is 21.8. The summed E-state index contributed by atoms with van der Waals surface area (Å²) in [6.45, 7) is 1.38. The van der Waals surface area contributed by atoms with Gasteiger partial charge < -0.3 is 24.5 Å². The standard InChI is InChI=1S/C28H29B2N4O6/c31-33-27(36)25(32-26(35)19-9-11-24-22(13-19)17-40-30(24)38)7-4-12-34(15-18-5-2-1-3-6-18)28(37)20-8-10-23-21(14-20)16-39-29-23/h1-3,5-6,8-11,13-14,25,38H,4,7,12,15-17,31H2,(H,32,35)(H,33,36)/t25-/m0/s1. The quantitative estimate of drug-likeness (QED) is 0.122. The van der Waals surface area contributed by atoms with E-state index < -0.39 is 25.0 Å². The van der Waals surface area contributed by atoms with Crippen LogP contribution >= 0.6 is 0 Å². The molecule has 0 bridgehead atoms. The van der Waals surface area contributed by atoms with E-state index in [1.165, 1.54) is 0 Å². The molecule has 40 heavy (non-hydrogen) atoms. The smallest absolute Gasteiger partial charge is 0.430 e. The van der Waals surface area contributed by atoms with Crippen molar-refractivity contribution in [3.05, 3.63) is 94.5 Å². The summed E-state index contributed by atoms with van der Waals surface area (Å²) in [6, 6.07) is 19.1. The van der Waals surface area contributed by atoms with Crippen molar-refractivity contribution in [3.63, 3.8) is 0 Å². The monoisotopic (exact) mass is 539 g/mol. The lowest BCUT2D eigenvalue weighted by molar-refractivity contribution is -0.123. The Morgan fingerprint density at radius 3 is 2.60 bits per heavy atom. The van der Waals surface area contributed by atoms with Gasteiger partial charge in [-0.1, -0.05) is 42.5 Å². The Morgan fingerprint density at radius 2 is 1.80 bits per heavy atom. The molecule has 12 heteroatoms. The Bertz CT molecular complexity index is 1410. The number of fused-ring (bicyclic) bond motifs is 2. The third-order valence-electron chi connectivity index (χ3n) is 7.10. The van der Waals surface area contributed by atoms with E-state index in [1.807, 2.05) is 42.5 Å². The Morgan fingerprint density at radius 1 is 1.02 bits per heavy atom. The maximum Gasteiger partial charge on any atom is 0.491 e. The van der Waals surface area contributed by atoms with Crippen LogP contribution in [0.5, 0.6) is 0 Å². The van der Waals surface area contributed by atoms with Crippen LogP contribution in [0.4, 0.5) is 0 Å². The van der Waals surface area contributed by atoms with E-state index in [2.05, 4.69) is 10.7 Å². The third-order valence-corrected chi connectivity index (χ3v) is 7.10. The molecule has 0 saturated heterocycles. The fraction of sp³-hybridized carbons (Fsp3) is 0.250. The molecule has 203 valence electrons. The molecule has 10 nitrogen and oxygen atoms in total. The molecule has 3 aromatic carbocycles. The highest BCUT2D eigenvalue weighted by Gasteiger charge is 2.29. The lowest BCUT2D eigenvalue weighted by Gasteiger charge is -2.25. The molecule has 0 aromatic heterocycles. The van der Waals surface area contributed by atoms with Crippen LogP contribution in [0.1, 0.15) is 50.2 Å². The second-order valence-electron chi connectivity index (χ2n) is 9.81. The number of rotatable bonds is 10. The summed E-state index contributed by atoms with van der Waals surface area (Å²) in [4.78, 5) is 40.8. The van der Waals surface area contributed by atoms with Crippen molar-refractivity contribution in [3.8, 4) is 0 Å². The number of nitrogens with two attached hydrogens (primary N) is 1. The molecule has 5 N–H and O–H groups in total. The molecular formula is C28H29B2N4O6. The van der Waals surface area contributed by atoms with Crippen LogP contribution in [-0.2, 0) is 33.9 Å². The minimum absolute atomic E-state index is 0.134. The highest BCUT2D eigenvalue weighted by Crippen LogP contribution is 2.16. The Balaban J connectivity index is 1.26. The average molecular weight is 539 g/mol. The summed E-state index contributed by atoms with van der Waals surface area (Å²) in [5.74, 6) is 4.28. The number of hydrogen-bond donors (Lipinski definition) is 4. The van der Waals surface area contributed by atoms with Crippen molar-refractivity contribution in [1.82, 2.24) is 15.6 Å². The molecule has 0 aliphatic carbocycles. The van der Waals surface area contributed by atoms with Gasteiger partial charge in [0.25, 0.3) is 17.7 Å². The van der Waals surface area contributed by atoms with Gasteiger partial charge in [-0.2, -0.15) is 0 Å². The maximum atomic E-state index is 13.6. The molecule has 3 amide bonds. The summed E-state index contributed by atoms with van der Waals surface area (Å²) < 4.78 is 10.6. The van der Waals surface area contributed by atoms with E-state index in [4.69, 9.17) is 15.2 Å². The first kappa shape index (κ1) is 27.6. The Hall–Kier alpha value is -3.96. The SMILES string of the molecule is NNC(=O)[C@H](CCCN(Cc1ccccc1)C(=O)c1ccc2c(c1)CO[B]2)NC(=O)c1ccc2c(c1)COB2O. The van der Waals surface area contributed by atoms with Gasteiger partial charge in [0.15, 0.2) is 0 Å². The summed E-state index contributed by atoms with van der Waals surface area (Å²) in [5.41, 5.74) is 7.24. The fourth-order valence-corrected chi connectivity index (χ4v) is 4.91. The average Bonchev–Trinajstić information content (AvgIpc) is 3.61. The van der Waals surface area contributed by atoms with E-state index in [9.17, 15) is 19.4 Å². The van der Waals surface area contributed by atoms with Gasteiger partial charge in [0, 0.05) is 24.2 Å². The van der Waals surface area contributed by atoms with Gasteiger partial charge in [-0.05, 0) is 64.7 Å². The lowest BCUT2D eigenvalue weighted by Crippen LogP contribution is -2.49. The van der Waals surface area contributed by atoms with Crippen molar-refractivity contribution >= 4 is 43.2 Å². The number of amides is 3. The van der Waals surface area contributed by atoms with Crippen LogP contribution in [0.3, 0.4) is 0 Å². The first-order valence-electron chi connectivity index (χ1n) is 13.1. The molecule has 2 heterocycles. The van der Waals surface area contributed by atoms with Crippen LogP contribution < -0.4 is 27.5 Å². The molecule has 0 fully saturated rings. The van der Waals surface area contributed by atoms with Gasteiger partial charge >= 0.3 is 14.6 Å². The summed E-state index contributed by atoms with van der Waals surface area (Å²) in [7, 11) is 0.676. The van der Waals surface area contributed by atoms with Crippen molar-refractivity contribution < 1.29 is 28.7 Å². The molecule has 0 saturated carbocycles. The van der Waals surface area contributed by atoms with E-state index >= 15 is 0 Å². The van der Waals surface area contributed by atoms with Crippen molar-refractivity contribution in [2.75, 3.05) is 6.54 Å². The first-order valence-corrected chi connectivity index (χ1v) is 13.1. The molecule has 0 unspecified atom stereocenters. The van der Waals surface area contributed by atoms with E-state index in [0.29, 0.717) is 48.3 Å². The van der Waals surface area contributed by atoms with Crippen LogP contribution in [-0.4, -0.2) is 54.8 Å². The summed E-state index contributed by atoms with van der Waals surface area (Å²) in [6.07, 6.45) is 0.691. The molecule has 2 aliphatic rings. The normalized spacial score (nSPS) is 14.1. The predicted molar refractivity (Wildman–Crippen MR) is 149 cm³/mol. The summed E-state index contributed by atoms with van der Waals surface area (Å²) >= 11 is 0. The highest BCUT2D eigenvalue weighted by molar-refractivity contribution is 6.61. The van der Waals surface area contributed by atoms with Crippen LogP contribution in [0.15, 0.2) is 66.7 Å². The Labute approximate surface area is 233 Å². The number of nitrogens with one attached hydrogen (secondary N) is 2. The molecular weight excluding hydrogens is 510 g/mol. The lowest BCUT2D eigenvalue weighted by atomic mass is 9.79. The summed E-state index contributed by atoms with van der Waals surface area (Å²) in [5, 5.41) is 12.6. The van der Waals surface area contributed by atoms with E-state index in [0.717, 1.165) is 16.6 Å². The van der Waals surface area contributed by atoms with Gasteiger partial charge in [-0.25, -0.2) is 5.84 Å². The van der Waals surface area contributed by atoms with Crippen molar-refractivity contribution in [1.29, 1.82) is 0 Å². The number of carbonyl (C=O) groups excluding carboxylic acids is 3. The zero-order valence-corrected chi connectivity index (χ0v) is 21.8. The van der Waals surface area contributed by atoms with E-state index in [1.54, 1.807) is 36.6 Å². The number of nitrogens with zero attached hydrogens (tertiary/aromatic N) is 1. The van der Waals surface area contributed by atoms with Gasteiger partial charge in [-0.15, -0.1) is 0 Å². The van der Waals surface area contributed by atoms with Gasteiger partial charge in [-0.3, -0.25) is 19.8 Å². The van der Waals surface area contributed by atoms with Crippen molar-refractivity contribution in [2.45, 2.75) is 38.6 Å². The second kappa shape index (κ2) is 12.5. The number of benzene rings is 3. The van der Waals surface area contributed by atoms with E-state index in [-0.39, 0.29) is 18.9 Å². The molecule has 2 aliphatic heterocycles. The minimum Gasteiger partial charge on any atom is -0.430 e. The minimum atomic E-state index is -1.01. The zero-order chi connectivity index (χ0) is 28.1. The van der Waals surface area contributed by atoms with Gasteiger partial charge in [0.1, 0.15) is 6.04 Å². The second-order valence-corrected chi connectivity index (χ2v) is 9.81. The number of hydrazine groups is 1. The first-order chi connectivity index (χ1) is 19.4. The number of carbonyl (C=O) groups is 3. The maximum absolute atomic E-state index is 13.6. The Kier molecular flexibility index (Phi) is 8.61. The highest BCUT2D eigenvalue weighted by atomic mass is 16.5. The largest absolute Gasteiger partial charge is 0.491 e. The van der Waals surface area contributed by atoms with Crippen LogP contribution in [0.25, 0.3) is 0 Å². The number of hydrogen-bond acceptors (Lipinski definition) is 7.